The van der Waals surface area contributed by atoms with Crippen LogP contribution in [0.2, 0.25) is 5.02 Å². The predicted octanol–water partition coefficient (Wildman–Crippen LogP) is 3.76. The van der Waals surface area contributed by atoms with Gasteiger partial charge in [0, 0.05) is 33.8 Å². The van der Waals surface area contributed by atoms with Crippen molar-refractivity contribution in [3.63, 3.8) is 0 Å². The fourth-order valence-electron chi connectivity index (χ4n) is 2.75. The molecule has 0 unspecified atom stereocenters. The van der Waals surface area contributed by atoms with Crippen LogP contribution in [-0.2, 0) is 0 Å². The van der Waals surface area contributed by atoms with E-state index in [1.807, 2.05) is 35.8 Å². The summed E-state index contributed by atoms with van der Waals surface area (Å²) in [5.74, 6) is 0.673. The van der Waals surface area contributed by atoms with E-state index in [1.165, 1.54) is 0 Å². The van der Waals surface area contributed by atoms with Crippen LogP contribution < -0.4 is 5.56 Å². The Bertz CT molecular complexity index is 944. The molecular weight excluding hydrogens is 298 g/mol. The molecule has 0 atom stereocenters. The first-order chi connectivity index (χ1) is 10.6. The van der Waals surface area contributed by atoms with Crippen molar-refractivity contribution in [1.29, 1.82) is 0 Å². The van der Waals surface area contributed by atoms with Crippen molar-refractivity contribution in [1.82, 2.24) is 14.5 Å². The summed E-state index contributed by atoms with van der Waals surface area (Å²) in [6, 6.07) is 9.50. The van der Waals surface area contributed by atoms with Gasteiger partial charge in [0.05, 0.1) is 0 Å². The van der Waals surface area contributed by atoms with E-state index in [-0.39, 0.29) is 11.6 Å². The minimum Gasteiger partial charge on any atom is -0.289 e. The van der Waals surface area contributed by atoms with Crippen LogP contribution in [0.15, 0.2) is 41.3 Å². The van der Waals surface area contributed by atoms with E-state index >= 15 is 0 Å². The molecule has 2 aromatic heterocycles. The quantitative estimate of drug-likeness (QED) is 0.724. The zero-order valence-electron chi connectivity index (χ0n) is 12.1. The molecule has 1 aliphatic carbocycles. The molecule has 110 valence electrons. The number of hydrogen-bond donors (Lipinski definition) is 0. The molecule has 0 radical (unpaired) electrons. The van der Waals surface area contributed by atoms with Crippen molar-refractivity contribution in [3.05, 3.63) is 57.7 Å². The van der Waals surface area contributed by atoms with Crippen molar-refractivity contribution in [3.8, 4) is 11.1 Å². The number of pyridine rings is 1. The highest BCUT2D eigenvalue weighted by atomic mass is 35.5. The molecule has 22 heavy (non-hydrogen) atoms. The molecule has 5 heteroatoms. The third-order valence-electron chi connectivity index (χ3n) is 3.97. The molecular formula is C17H14ClN3O. The molecule has 3 aromatic rings. The smallest absolute Gasteiger partial charge is 0.260 e. The van der Waals surface area contributed by atoms with Gasteiger partial charge in [0.25, 0.3) is 5.56 Å². The van der Waals surface area contributed by atoms with E-state index < -0.39 is 0 Å². The van der Waals surface area contributed by atoms with Crippen LogP contribution >= 0.6 is 11.6 Å². The van der Waals surface area contributed by atoms with Gasteiger partial charge in [-0.3, -0.25) is 9.36 Å². The van der Waals surface area contributed by atoms with Crippen LogP contribution in [0, 0.1) is 6.92 Å². The summed E-state index contributed by atoms with van der Waals surface area (Å²) in [5.41, 5.74) is 2.06. The highest BCUT2D eigenvalue weighted by molar-refractivity contribution is 6.33. The Morgan fingerprint density at radius 2 is 2.00 bits per heavy atom. The van der Waals surface area contributed by atoms with Crippen molar-refractivity contribution in [2.75, 3.05) is 0 Å². The Hall–Kier alpha value is -2.20. The number of hydrogen-bond acceptors (Lipinski definition) is 3. The molecule has 0 spiro atoms. The zero-order chi connectivity index (χ0) is 15.3. The zero-order valence-corrected chi connectivity index (χ0v) is 12.8. The topological polar surface area (TPSA) is 47.8 Å². The summed E-state index contributed by atoms with van der Waals surface area (Å²) >= 11 is 6.28. The molecule has 0 N–H and O–H groups in total. The highest BCUT2D eigenvalue weighted by Crippen LogP contribution is 2.36. The van der Waals surface area contributed by atoms with E-state index in [4.69, 9.17) is 11.6 Å². The van der Waals surface area contributed by atoms with Gasteiger partial charge in [-0.05, 0) is 31.9 Å². The minimum atomic E-state index is -0.0267. The number of benzene rings is 1. The molecule has 2 heterocycles. The van der Waals surface area contributed by atoms with Crippen LogP contribution in [0.1, 0.15) is 24.7 Å². The maximum absolute atomic E-state index is 13.0. The fraction of sp³-hybridized carbons (Fsp3) is 0.235. The van der Waals surface area contributed by atoms with Crippen LogP contribution in [0.5, 0.6) is 0 Å². The average Bonchev–Trinajstić information content (AvgIpc) is 3.32. The number of rotatable bonds is 2. The summed E-state index contributed by atoms with van der Waals surface area (Å²) in [7, 11) is 0. The van der Waals surface area contributed by atoms with Crippen LogP contribution in [0.25, 0.3) is 22.2 Å². The number of fused-ring (bicyclic) bond motifs is 1. The summed E-state index contributed by atoms with van der Waals surface area (Å²) in [4.78, 5) is 21.7. The third-order valence-corrected chi connectivity index (χ3v) is 4.30. The molecule has 1 aliphatic rings. The Balaban J connectivity index is 2.09. The van der Waals surface area contributed by atoms with E-state index in [1.54, 1.807) is 12.3 Å². The summed E-state index contributed by atoms with van der Waals surface area (Å²) < 4.78 is 1.81. The van der Waals surface area contributed by atoms with Crippen molar-refractivity contribution in [2.45, 2.75) is 25.8 Å². The molecule has 1 aromatic carbocycles. The first-order valence-corrected chi connectivity index (χ1v) is 7.67. The number of nitrogens with zero attached hydrogens (tertiary/aromatic N) is 3. The molecule has 0 amide bonds. The van der Waals surface area contributed by atoms with Crippen LogP contribution in [0.3, 0.4) is 0 Å². The Morgan fingerprint density at radius 1 is 1.23 bits per heavy atom. The SMILES string of the molecule is Cc1ncc2cc(-c3ccccc3Cl)c(=O)n(C3CC3)c2n1. The summed E-state index contributed by atoms with van der Waals surface area (Å²) in [6.45, 7) is 1.84. The Labute approximate surface area is 132 Å². The van der Waals surface area contributed by atoms with Crippen molar-refractivity contribution < 1.29 is 0 Å². The van der Waals surface area contributed by atoms with Gasteiger partial charge in [-0.15, -0.1) is 0 Å². The lowest BCUT2D eigenvalue weighted by Gasteiger charge is -2.12. The predicted molar refractivity (Wildman–Crippen MR) is 87.3 cm³/mol. The first-order valence-electron chi connectivity index (χ1n) is 7.29. The van der Waals surface area contributed by atoms with Crippen molar-refractivity contribution in [2.24, 2.45) is 0 Å². The lowest BCUT2D eigenvalue weighted by Crippen LogP contribution is -2.22. The highest BCUT2D eigenvalue weighted by Gasteiger charge is 2.28. The number of aromatic nitrogens is 3. The maximum Gasteiger partial charge on any atom is 0.260 e. The van der Waals surface area contributed by atoms with Gasteiger partial charge in [-0.1, -0.05) is 29.8 Å². The van der Waals surface area contributed by atoms with Gasteiger partial charge in [-0.25, -0.2) is 9.97 Å². The second kappa shape index (κ2) is 4.92. The minimum absolute atomic E-state index is 0.0267. The molecule has 0 saturated heterocycles. The Morgan fingerprint density at radius 3 is 2.73 bits per heavy atom. The summed E-state index contributed by atoms with van der Waals surface area (Å²) in [5, 5.41) is 1.45. The van der Waals surface area contributed by atoms with E-state index in [0.29, 0.717) is 16.4 Å². The largest absolute Gasteiger partial charge is 0.289 e. The maximum atomic E-state index is 13.0. The Kier molecular flexibility index (Phi) is 3.01. The molecule has 4 nitrogen and oxygen atoms in total. The fourth-order valence-corrected chi connectivity index (χ4v) is 2.99. The molecule has 0 aliphatic heterocycles. The van der Waals surface area contributed by atoms with Crippen molar-refractivity contribution >= 4 is 22.6 Å². The molecule has 0 bridgehead atoms. The number of halogens is 1. The third kappa shape index (κ3) is 2.11. The second-order valence-electron chi connectivity index (χ2n) is 5.64. The van der Waals surface area contributed by atoms with Gasteiger partial charge in [0.2, 0.25) is 0 Å². The second-order valence-corrected chi connectivity index (χ2v) is 6.05. The standard InChI is InChI=1S/C17H14ClN3O/c1-10-19-9-11-8-14(13-4-2-3-5-15(13)18)17(22)21(12-6-7-12)16(11)20-10/h2-5,8-9,12H,6-7H2,1H3. The molecule has 1 saturated carbocycles. The van der Waals surface area contributed by atoms with Crippen LogP contribution in [-0.4, -0.2) is 14.5 Å². The first kappa shape index (κ1) is 13.5. The van der Waals surface area contributed by atoms with Gasteiger partial charge >= 0.3 is 0 Å². The normalized spacial score (nSPS) is 14.5. The van der Waals surface area contributed by atoms with E-state index in [2.05, 4.69) is 9.97 Å². The van der Waals surface area contributed by atoms with Gasteiger partial charge in [0.15, 0.2) is 0 Å². The van der Waals surface area contributed by atoms with Gasteiger partial charge in [0.1, 0.15) is 11.5 Å². The van der Waals surface area contributed by atoms with Gasteiger partial charge < -0.3 is 0 Å². The lowest BCUT2D eigenvalue weighted by atomic mass is 10.1. The van der Waals surface area contributed by atoms with E-state index in [0.717, 1.165) is 29.4 Å². The number of aryl methyl sites for hydroxylation is 1. The van der Waals surface area contributed by atoms with Crippen LogP contribution in [0.4, 0.5) is 0 Å². The lowest BCUT2D eigenvalue weighted by molar-refractivity contribution is 0.728. The van der Waals surface area contributed by atoms with E-state index in [9.17, 15) is 4.79 Å². The average molecular weight is 312 g/mol. The molecule has 4 rings (SSSR count). The molecule has 1 fully saturated rings. The monoisotopic (exact) mass is 311 g/mol. The summed E-state index contributed by atoms with van der Waals surface area (Å²) in [6.07, 6.45) is 3.81. The van der Waals surface area contributed by atoms with Gasteiger partial charge in [-0.2, -0.15) is 0 Å².